The number of hydrogen-bond acceptors (Lipinski definition) is 3. The third-order valence-electron chi connectivity index (χ3n) is 5.11. The van der Waals surface area contributed by atoms with Crippen molar-refractivity contribution in [3.05, 3.63) is 15.9 Å². The first-order chi connectivity index (χ1) is 10.2. The van der Waals surface area contributed by atoms with Crippen LogP contribution in [-0.4, -0.2) is 45.8 Å². The topological polar surface area (TPSA) is 58.2 Å². The summed E-state index contributed by atoms with van der Waals surface area (Å²) in [5, 5.41) is 7.17. The highest BCUT2D eigenvalue weighted by Crippen LogP contribution is 2.51. The minimum Gasteiger partial charge on any atom is -0.371 e. The van der Waals surface area contributed by atoms with Crippen molar-refractivity contribution in [1.29, 1.82) is 0 Å². The van der Waals surface area contributed by atoms with Gasteiger partial charge in [-0.05, 0) is 54.0 Å². The number of nitrogens with zero attached hydrogens (tertiary/aromatic N) is 2. The molecule has 2 aliphatic heterocycles. The molecule has 5 nitrogen and oxygen atoms in total. The highest BCUT2D eigenvalue weighted by Gasteiger charge is 2.62. The van der Waals surface area contributed by atoms with Gasteiger partial charge in [-0.1, -0.05) is 6.92 Å². The van der Waals surface area contributed by atoms with E-state index in [2.05, 4.69) is 26.1 Å². The molecule has 1 N–H and O–H groups in total. The number of carbonyl (C=O) groups is 1. The van der Waals surface area contributed by atoms with Crippen molar-refractivity contribution in [3.8, 4) is 0 Å². The number of amides is 1. The molecule has 0 bridgehead atoms. The molecule has 1 saturated carbocycles. The van der Waals surface area contributed by atoms with Crippen molar-refractivity contribution in [3.63, 3.8) is 0 Å². The van der Waals surface area contributed by atoms with E-state index in [0.717, 1.165) is 42.6 Å². The van der Waals surface area contributed by atoms with Crippen LogP contribution in [0.3, 0.4) is 0 Å². The van der Waals surface area contributed by atoms with Crippen LogP contribution in [0.2, 0.25) is 0 Å². The third-order valence-corrected chi connectivity index (χ3v) is 5.96. The molecular weight excluding hydrogens is 334 g/mol. The van der Waals surface area contributed by atoms with Crippen LogP contribution in [0.25, 0.3) is 0 Å². The molecule has 1 spiro atoms. The van der Waals surface area contributed by atoms with Crippen LogP contribution < -0.4 is 0 Å². The van der Waals surface area contributed by atoms with Gasteiger partial charge in [-0.3, -0.25) is 9.89 Å². The maximum atomic E-state index is 12.8. The van der Waals surface area contributed by atoms with Gasteiger partial charge in [-0.15, -0.1) is 0 Å². The van der Waals surface area contributed by atoms with Gasteiger partial charge in [0.05, 0.1) is 17.1 Å². The van der Waals surface area contributed by atoms with E-state index < -0.39 is 0 Å². The summed E-state index contributed by atoms with van der Waals surface area (Å²) in [6, 6.07) is 0.265. The van der Waals surface area contributed by atoms with E-state index in [1.165, 1.54) is 12.8 Å². The van der Waals surface area contributed by atoms with Crippen molar-refractivity contribution in [2.45, 2.75) is 50.7 Å². The molecule has 6 heteroatoms. The second kappa shape index (κ2) is 4.81. The number of H-pyrrole nitrogens is 1. The van der Waals surface area contributed by atoms with Crippen LogP contribution in [0.1, 0.15) is 48.8 Å². The first-order valence-electron chi connectivity index (χ1n) is 7.84. The number of carbonyl (C=O) groups excluding carboxylic acids is 1. The summed E-state index contributed by atoms with van der Waals surface area (Å²) in [6.45, 7) is 3.62. The van der Waals surface area contributed by atoms with E-state index in [4.69, 9.17) is 4.74 Å². The Morgan fingerprint density at radius 1 is 1.57 bits per heavy atom. The number of halogens is 1. The van der Waals surface area contributed by atoms with Gasteiger partial charge >= 0.3 is 0 Å². The lowest BCUT2D eigenvalue weighted by atomic mass is 9.78. The van der Waals surface area contributed by atoms with Gasteiger partial charge in [-0.25, -0.2) is 0 Å². The lowest BCUT2D eigenvalue weighted by Crippen LogP contribution is -2.71. The molecule has 3 fully saturated rings. The van der Waals surface area contributed by atoms with Gasteiger partial charge < -0.3 is 9.64 Å². The average Bonchev–Trinajstić information content (AvgIpc) is 3.02. The van der Waals surface area contributed by atoms with E-state index in [1.54, 1.807) is 0 Å². The van der Waals surface area contributed by atoms with Crippen molar-refractivity contribution >= 4 is 21.8 Å². The van der Waals surface area contributed by atoms with Crippen LogP contribution in [0.5, 0.6) is 0 Å². The minimum atomic E-state index is -0.0484. The normalized spacial score (nSPS) is 31.7. The number of aryl methyl sites for hydroxylation is 1. The lowest BCUT2D eigenvalue weighted by Gasteiger charge is -2.55. The van der Waals surface area contributed by atoms with Gasteiger partial charge in [0.2, 0.25) is 0 Å². The van der Waals surface area contributed by atoms with Gasteiger partial charge in [0.1, 0.15) is 5.60 Å². The Morgan fingerprint density at radius 3 is 2.95 bits per heavy atom. The summed E-state index contributed by atoms with van der Waals surface area (Å²) in [6.07, 6.45) is 5.50. The number of hydrogen-bond donors (Lipinski definition) is 1. The Morgan fingerprint density at radius 2 is 2.38 bits per heavy atom. The Bertz CT molecular complexity index is 575. The number of likely N-dealkylation sites (tertiary alicyclic amines) is 1. The fraction of sp³-hybridized carbons (Fsp3) is 0.733. The molecule has 1 aliphatic carbocycles. The average molecular weight is 354 g/mol. The molecule has 114 valence electrons. The summed E-state index contributed by atoms with van der Waals surface area (Å²) in [5.74, 6) is 0.667. The zero-order chi connectivity index (χ0) is 14.6. The summed E-state index contributed by atoms with van der Waals surface area (Å²) >= 11 is 3.51. The first kappa shape index (κ1) is 13.8. The number of ether oxygens (including phenoxy) is 1. The van der Waals surface area contributed by atoms with E-state index in [9.17, 15) is 4.79 Å². The van der Waals surface area contributed by atoms with Crippen LogP contribution in [0.15, 0.2) is 4.47 Å². The quantitative estimate of drug-likeness (QED) is 0.908. The Balaban J connectivity index is 1.58. The highest BCUT2D eigenvalue weighted by molar-refractivity contribution is 9.10. The van der Waals surface area contributed by atoms with Crippen molar-refractivity contribution in [1.82, 2.24) is 15.1 Å². The summed E-state index contributed by atoms with van der Waals surface area (Å²) < 4.78 is 6.85. The zero-order valence-electron chi connectivity index (χ0n) is 12.2. The van der Waals surface area contributed by atoms with Crippen molar-refractivity contribution in [2.75, 3.05) is 13.2 Å². The van der Waals surface area contributed by atoms with Gasteiger partial charge in [0, 0.05) is 12.3 Å². The summed E-state index contributed by atoms with van der Waals surface area (Å²) in [4.78, 5) is 14.8. The molecule has 1 amide bonds. The number of aromatic amines is 1. The molecule has 0 radical (unpaired) electrons. The second-order valence-corrected chi connectivity index (χ2v) is 7.24. The van der Waals surface area contributed by atoms with Gasteiger partial charge in [0.15, 0.2) is 5.69 Å². The Labute approximate surface area is 132 Å². The molecule has 0 aromatic carbocycles. The zero-order valence-corrected chi connectivity index (χ0v) is 13.8. The maximum absolute atomic E-state index is 12.8. The summed E-state index contributed by atoms with van der Waals surface area (Å²) in [7, 11) is 0. The monoisotopic (exact) mass is 353 g/mol. The predicted molar refractivity (Wildman–Crippen MR) is 81.1 cm³/mol. The van der Waals surface area contributed by atoms with E-state index >= 15 is 0 Å². The molecule has 2 atom stereocenters. The number of nitrogens with one attached hydrogen (secondary N) is 1. The standard InChI is InChI=1S/C15H20BrN3O2/c1-2-10-11(16)12(18-17-10)14(20)19-8-15(6-3-7-21-15)13(19)9-4-5-9/h9,13H,2-8H2,1H3,(H,17,18). The molecule has 3 aliphatic rings. The largest absolute Gasteiger partial charge is 0.371 e. The smallest absolute Gasteiger partial charge is 0.275 e. The Kier molecular flexibility index (Phi) is 3.15. The molecular formula is C15H20BrN3O2. The molecule has 1 aromatic heterocycles. The van der Waals surface area contributed by atoms with Crippen LogP contribution in [0, 0.1) is 5.92 Å². The summed E-state index contributed by atoms with van der Waals surface area (Å²) in [5.41, 5.74) is 1.45. The highest BCUT2D eigenvalue weighted by atomic mass is 79.9. The first-order valence-corrected chi connectivity index (χ1v) is 8.63. The van der Waals surface area contributed by atoms with E-state index in [1.807, 2.05) is 11.8 Å². The molecule has 21 heavy (non-hydrogen) atoms. The maximum Gasteiger partial charge on any atom is 0.275 e. The fourth-order valence-electron chi connectivity index (χ4n) is 3.90. The van der Waals surface area contributed by atoms with Crippen molar-refractivity contribution in [2.24, 2.45) is 5.92 Å². The van der Waals surface area contributed by atoms with E-state index in [-0.39, 0.29) is 17.6 Å². The number of rotatable bonds is 3. The molecule has 1 aromatic rings. The molecule has 2 unspecified atom stereocenters. The SMILES string of the molecule is CCc1[nH]nc(C(=O)N2CC3(CCCO3)C2C2CC2)c1Br. The van der Waals surface area contributed by atoms with Crippen LogP contribution in [-0.2, 0) is 11.2 Å². The van der Waals surface area contributed by atoms with E-state index in [0.29, 0.717) is 11.6 Å². The number of aromatic nitrogens is 2. The second-order valence-electron chi connectivity index (χ2n) is 6.45. The lowest BCUT2D eigenvalue weighted by molar-refractivity contribution is -0.149. The van der Waals surface area contributed by atoms with Crippen LogP contribution in [0.4, 0.5) is 0 Å². The predicted octanol–water partition coefficient (Wildman–Crippen LogP) is 2.52. The van der Waals surface area contributed by atoms with Gasteiger partial charge in [-0.2, -0.15) is 5.10 Å². The molecule has 2 saturated heterocycles. The minimum absolute atomic E-state index is 0.0378. The molecule has 3 heterocycles. The van der Waals surface area contributed by atoms with Gasteiger partial charge in [0.25, 0.3) is 5.91 Å². The third kappa shape index (κ3) is 1.99. The molecule has 4 rings (SSSR count). The van der Waals surface area contributed by atoms with Crippen molar-refractivity contribution < 1.29 is 9.53 Å². The fourth-order valence-corrected chi connectivity index (χ4v) is 4.53. The Hall–Kier alpha value is -0.880. The van der Waals surface area contributed by atoms with Crippen LogP contribution >= 0.6 is 15.9 Å².